The normalized spacial score (nSPS) is 10.5. The molecule has 0 radical (unpaired) electrons. The van der Waals surface area contributed by atoms with Crippen molar-refractivity contribution in [2.24, 2.45) is 0 Å². The first kappa shape index (κ1) is 12.0. The molecule has 88 valence electrons. The van der Waals surface area contributed by atoms with E-state index in [4.69, 9.17) is 0 Å². The molecular weight excluding hydrogens is 230 g/mol. The molecule has 0 fully saturated rings. The van der Waals surface area contributed by atoms with Gasteiger partial charge in [-0.2, -0.15) is 0 Å². The lowest BCUT2D eigenvalue weighted by Crippen LogP contribution is -2.04. The van der Waals surface area contributed by atoms with E-state index in [2.05, 4.69) is 23.2 Å². The van der Waals surface area contributed by atoms with E-state index in [1.165, 1.54) is 22.5 Å². The lowest BCUT2D eigenvalue weighted by molar-refractivity contribution is 0.0996. The van der Waals surface area contributed by atoms with Crippen LogP contribution in [0.5, 0.6) is 0 Å². The van der Waals surface area contributed by atoms with Crippen LogP contribution < -0.4 is 0 Å². The van der Waals surface area contributed by atoms with Crippen LogP contribution in [-0.2, 0) is 6.42 Å². The first-order chi connectivity index (χ1) is 8.08. The Kier molecular flexibility index (Phi) is 3.38. The van der Waals surface area contributed by atoms with Crippen LogP contribution in [0.1, 0.15) is 32.1 Å². The van der Waals surface area contributed by atoms with E-state index in [0.29, 0.717) is 6.42 Å². The van der Waals surface area contributed by atoms with Gasteiger partial charge in [-0.3, -0.25) is 4.79 Å². The van der Waals surface area contributed by atoms with Crippen LogP contribution in [-0.4, -0.2) is 10.8 Å². The fourth-order valence-corrected chi connectivity index (χ4v) is 2.56. The van der Waals surface area contributed by atoms with Gasteiger partial charge in [-0.25, -0.2) is 4.98 Å². The quantitative estimate of drug-likeness (QED) is 0.775. The number of aromatic nitrogens is 1. The summed E-state index contributed by atoms with van der Waals surface area (Å²) in [4.78, 5) is 17.0. The number of hydrogen-bond donors (Lipinski definition) is 0. The maximum atomic E-state index is 12.1. The minimum absolute atomic E-state index is 0.165. The summed E-state index contributed by atoms with van der Waals surface area (Å²) in [5, 5.41) is 0. The van der Waals surface area contributed by atoms with Gasteiger partial charge < -0.3 is 0 Å². The predicted molar refractivity (Wildman–Crippen MR) is 70.8 cm³/mol. The zero-order valence-electron chi connectivity index (χ0n) is 10.3. The summed E-state index contributed by atoms with van der Waals surface area (Å²) >= 11 is 1.43. The Balaban J connectivity index is 2.24. The van der Waals surface area contributed by atoms with Crippen molar-refractivity contribution in [1.29, 1.82) is 0 Å². The molecule has 0 bridgehead atoms. The number of nitrogens with zero attached hydrogens (tertiary/aromatic N) is 1. The van der Waals surface area contributed by atoms with Crippen LogP contribution >= 0.6 is 11.3 Å². The summed E-state index contributed by atoms with van der Waals surface area (Å²) in [5.41, 5.74) is 6.05. The zero-order valence-corrected chi connectivity index (χ0v) is 11.1. The molecule has 0 atom stereocenters. The molecule has 2 nitrogen and oxygen atoms in total. The summed E-state index contributed by atoms with van der Waals surface area (Å²) in [7, 11) is 0. The highest BCUT2D eigenvalue weighted by Crippen LogP contribution is 2.18. The van der Waals surface area contributed by atoms with E-state index in [9.17, 15) is 4.79 Å². The van der Waals surface area contributed by atoms with Gasteiger partial charge in [-0.15, -0.1) is 11.3 Å². The third kappa shape index (κ3) is 2.61. The van der Waals surface area contributed by atoms with Crippen molar-refractivity contribution in [3.8, 4) is 0 Å². The second kappa shape index (κ2) is 4.80. The van der Waals surface area contributed by atoms with Crippen molar-refractivity contribution < 1.29 is 4.79 Å². The molecule has 3 heteroatoms. The van der Waals surface area contributed by atoms with Gasteiger partial charge >= 0.3 is 0 Å². The van der Waals surface area contributed by atoms with Crippen molar-refractivity contribution in [3.05, 3.63) is 51.0 Å². The minimum atomic E-state index is 0.165. The fourth-order valence-electron chi connectivity index (χ4n) is 1.81. The first-order valence-corrected chi connectivity index (χ1v) is 6.45. The topological polar surface area (TPSA) is 30.0 Å². The monoisotopic (exact) mass is 245 g/mol. The summed E-state index contributed by atoms with van der Waals surface area (Å²) in [6, 6.07) is 6.22. The van der Waals surface area contributed by atoms with Gasteiger partial charge in [-0.1, -0.05) is 23.8 Å². The standard InChI is InChI=1S/C14H15NOS/c1-9-4-5-10(2)12(6-9)7-13(16)14-11(3)15-8-17-14/h4-6,8H,7H2,1-3H3. The second-order valence-corrected chi connectivity index (χ2v) is 5.15. The smallest absolute Gasteiger partial charge is 0.179 e. The van der Waals surface area contributed by atoms with E-state index in [0.717, 1.165) is 16.1 Å². The molecule has 0 N–H and O–H groups in total. The van der Waals surface area contributed by atoms with Gasteiger partial charge in [0.1, 0.15) is 0 Å². The number of aryl methyl sites for hydroxylation is 3. The van der Waals surface area contributed by atoms with Crippen LogP contribution in [0, 0.1) is 20.8 Å². The summed E-state index contributed by atoms with van der Waals surface area (Å²) in [5.74, 6) is 0.165. The maximum Gasteiger partial charge on any atom is 0.179 e. The van der Waals surface area contributed by atoms with Crippen molar-refractivity contribution in [3.63, 3.8) is 0 Å². The average molecular weight is 245 g/mol. The van der Waals surface area contributed by atoms with Gasteiger partial charge in [-0.05, 0) is 31.9 Å². The molecule has 0 unspecified atom stereocenters. The Morgan fingerprint density at radius 1 is 1.29 bits per heavy atom. The largest absolute Gasteiger partial charge is 0.293 e. The number of hydrogen-bond acceptors (Lipinski definition) is 3. The Hall–Kier alpha value is -1.48. The maximum absolute atomic E-state index is 12.1. The summed E-state index contributed by atoms with van der Waals surface area (Å²) in [6.07, 6.45) is 0.469. The Labute approximate surface area is 105 Å². The third-order valence-electron chi connectivity index (χ3n) is 2.85. The van der Waals surface area contributed by atoms with Crippen molar-refractivity contribution in [1.82, 2.24) is 4.98 Å². The van der Waals surface area contributed by atoms with Crippen LogP contribution in [0.25, 0.3) is 0 Å². The SMILES string of the molecule is Cc1ccc(C)c(CC(=O)c2scnc2C)c1. The Morgan fingerprint density at radius 3 is 2.71 bits per heavy atom. The first-order valence-electron chi connectivity index (χ1n) is 5.57. The van der Waals surface area contributed by atoms with E-state index >= 15 is 0 Å². The van der Waals surface area contributed by atoms with Gasteiger partial charge in [0.15, 0.2) is 5.78 Å². The fraction of sp³-hybridized carbons (Fsp3) is 0.286. The van der Waals surface area contributed by atoms with E-state index < -0.39 is 0 Å². The summed E-state index contributed by atoms with van der Waals surface area (Å²) in [6.45, 7) is 5.97. The van der Waals surface area contributed by atoms with Gasteiger partial charge in [0.25, 0.3) is 0 Å². The van der Waals surface area contributed by atoms with E-state index in [1.807, 2.05) is 20.8 Å². The molecule has 0 aliphatic rings. The van der Waals surface area contributed by atoms with Crippen LogP contribution in [0.3, 0.4) is 0 Å². The molecule has 0 spiro atoms. The zero-order chi connectivity index (χ0) is 12.4. The van der Waals surface area contributed by atoms with Crippen molar-refractivity contribution in [2.75, 3.05) is 0 Å². The average Bonchev–Trinajstić information content (AvgIpc) is 2.70. The molecular formula is C14H15NOS. The predicted octanol–water partition coefficient (Wildman–Crippen LogP) is 3.49. The lowest BCUT2D eigenvalue weighted by atomic mass is 10.00. The number of Topliss-reactive ketones (excluding diaryl/α,β-unsaturated/α-hetero) is 1. The van der Waals surface area contributed by atoms with Gasteiger partial charge in [0, 0.05) is 6.42 Å². The molecule has 1 aromatic heterocycles. The number of ketones is 1. The van der Waals surface area contributed by atoms with Gasteiger partial charge in [0.2, 0.25) is 0 Å². The minimum Gasteiger partial charge on any atom is -0.293 e. The highest BCUT2D eigenvalue weighted by molar-refractivity contribution is 7.11. The molecule has 1 heterocycles. The number of rotatable bonds is 3. The van der Waals surface area contributed by atoms with Crippen LogP contribution in [0.15, 0.2) is 23.7 Å². The molecule has 1 aromatic carbocycles. The van der Waals surface area contributed by atoms with Crippen LogP contribution in [0.4, 0.5) is 0 Å². The molecule has 0 saturated heterocycles. The molecule has 0 amide bonds. The Morgan fingerprint density at radius 2 is 2.06 bits per heavy atom. The van der Waals surface area contributed by atoms with Gasteiger partial charge in [0.05, 0.1) is 16.1 Å². The number of benzene rings is 1. The number of thiazole rings is 1. The van der Waals surface area contributed by atoms with Crippen molar-refractivity contribution in [2.45, 2.75) is 27.2 Å². The lowest BCUT2D eigenvalue weighted by Gasteiger charge is -2.05. The highest BCUT2D eigenvalue weighted by Gasteiger charge is 2.13. The second-order valence-electron chi connectivity index (χ2n) is 4.30. The van der Waals surface area contributed by atoms with E-state index in [-0.39, 0.29) is 5.78 Å². The molecule has 2 rings (SSSR count). The third-order valence-corrected chi connectivity index (χ3v) is 3.82. The van der Waals surface area contributed by atoms with Crippen molar-refractivity contribution >= 4 is 17.1 Å². The van der Waals surface area contributed by atoms with Crippen LogP contribution in [0.2, 0.25) is 0 Å². The molecule has 0 saturated carbocycles. The Bertz CT molecular complexity index is 557. The number of carbonyl (C=O) groups excluding carboxylic acids is 1. The molecule has 0 aliphatic carbocycles. The molecule has 17 heavy (non-hydrogen) atoms. The van der Waals surface area contributed by atoms with E-state index in [1.54, 1.807) is 5.51 Å². The highest BCUT2D eigenvalue weighted by atomic mass is 32.1. The molecule has 0 aliphatic heterocycles. The molecule has 2 aromatic rings. The summed E-state index contributed by atoms with van der Waals surface area (Å²) < 4.78 is 0. The number of carbonyl (C=O) groups is 1.